The molecule has 0 bridgehead atoms. The number of rotatable bonds is 3. The molecule has 0 saturated carbocycles. The van der Waals surface area contributed by atoms with Gasteiger partial charge in [-0.1, -0.05) is 79.5 Å². The molecule has 0 atom stereocenters. The normalized spacial score (nSPS) is 12.6. The van der Waals surface area contributed by atoms with Crippen LogP contribution in [0.4, 0.5) is 36.7 Å². The molecule has 0 aliphatic rings. The minimum absolute atomic E-state index is 0. The maximum atomic E-state index is 9.87. The van der Waals surface area contributed by atoms with Gasteiger partial charge in [0, 0.05) is 0 Å². The number of hydrogen-bond acceptors (Lipinski definition) is 3. The summed E-state index contributed by atoms with van der Waals surface area (Å²) >= 11 is 5.71. The molecule has 0 fully saturated rings. The van der Waals surface area contributed by atoms with Crippen molar-refractivity contribution in [2.75, 3.05) is 0 Å². The van der Waals surface area contributed by atoms with E-state index in [0.29, 0.717) is 16.9 Å². The second-order valence-corrected chi connectivity index (χ2v) is 9.18. The Morgan fingerprint density at radius 2 is 1.26 bits per heavy atom. The zero-order valence-corrected chi connectivity index (χ0v) is 24.5. The first-order valence-electron chi connectivity index (χ1n) is 9.22. The van der Waals surface area contributed by atoms with Crippen LogP contribution in [0, 0.1) is 6.92 Å². The first kappa shape index (κ1) is 35.0. The van der Waals surface area contributed by atoms with E-state index in [9.17, 15) is 25.2 Å². The largest absolute Gasteiger partial charge is 4.00 e. The second-order valence-electron chi connectivity index (χ2n) is 6.88. The van der Waals surface area contributed by atoms with Crippen molar-refractivity contribution in [2.24, 2.45) is 10.2 Å². The number of halogens is 8. The number of aryl methyl sites for hydroxylation is 1. The summed E-state index contributed by atoms with van der Waals surface area (Å²) in [7, 11) is -10.7. The van der Waals surface area contributed by atoms with Crippen LogP contribution in [0.25, 0.3) is 0 Å². The Balaban J connectivity index is 0. The minimum atomic E-state index is -10.7. The van der Waals surface area contributed by atoms with E-state index in [1.807, 2.05) is 30.3 Å². The average Bonchev–Trinajstić information content (AvgIpc) is 2.66. The number of pyridine rings is 1. The fraction of sp³-hybridized carbons (Fsp3) is 0.190. The molecule has 13 heteroatoms. The van der Waals surface area contributed by atoms with Crippen molar-refractivity contribution < 1.29 is 68.9 Å². The predicted octanol–water partition coefficient (Wildman–Crippen LogP) is 7.65. The van der Waals surface area contributed by atoms with Crippen LogP contribution >= 0.6 is 19.4 Å². The first-order valence-corrected chi connectivity index (χ1v) is 11.6. The average molecular weight is 814 g/mol. The first-order chi connectivity index (χ1) is 14.5. The van der Waals surface area contributed by atoms with Gasteiger partial charge < -0.3 is 24.0 Å². The molecule has 0 aliphatic carbocycles. The smallest absolute Gasteiger partial charge is 1.00 e. The summed E-state index contributed by atoms with van der Waals surface area (Å²) in [6, 6.07) is 23.4. The Hall–Kier alpha value is -1.14. The van der Waals surface area contributed by atoms with Crippen molar-refractivity contribution in [2.45, 2.75) is 26.7 Å². The van der Waals surface area contributed by atoms with E-state index in [1.54, 1.807) is 18.2 Å². The molecule has 3 nitrogen and oxygen atoms in total. The SMILES string of the molecule is Cc1ccc(C(C)C)cc1.Clc1cccc(N=Nc2ccccc2)n1.F[P-](F)(F)(F)(F)F.[I-].[Os+4]. The third-order valence-electron chi connectivity index (χ3n) is 3.47. The number of benzene rings is 2. The van der Waals surface area contributed by atoms with E-state index in [2.05, 4.69) is 60.2 Å². The summed E-state index contributed by atoms with van der Waals surface area (Å²) in [6.07, 6.45) is 0. The van der Waals surface area contributed by atoms with Crippen LogP contribution in [0.5, 0.6) is 0 Å². The maximum Gasteiger partial charge on any atom is 4.00 e. The standard InChI is InChI=1S/C11H8ClN3.C10H14.F6P.HI.Os/c12-10-7-4-8-11(13-10)15-14-9-5-2-1-3-6-9;1-8(2)10-6-4-9(3)5-7-10;1-7(2,3,4,5)6;;/h1-8H;4-8H,1-3H3;;1H;/q;;-1;;+4/p-1. The molecule has 0 unspecified atom stereocenters. The van der Waals surface area contributed by atoms with E-state index < -0.39 is 7.81 Å². The van der Waals surface area contributed by atoms with Crippen molar-refractivity contribution in [3.05, 3.63) is 89.1 Å². The molecular formula is C21H22ClF6IN3OsP+2. The van der Waals surface area contributed by atoms with Gasteiger partial charge in [-0.05, 0) is 42.7 Å². The topological polar surface area (TPSA) is 37.6 Å². The van der Waals surface area contributed by atoms with Crippen molar-refractivity contribution in [3.63, 3.8) is 0 Å². The van der Waals surface area contributed by atoms with Crippen LogP contribution in [-0.4, -0.2) is 4.98 Å². The number of hydrogen-bond donors (Lipinski definition) is 0. The summed E-state index contributed by atoms with van der Waals surface area (Å²) in [5.74, 6) is 1.16. The summed E-state index contributed by atoms with van der Waals surface area (Å²) in [5.41, 5.74) is 3.55. The summed E-state index contributed by atoms with van der Waals surface area (Å²) in [4.78, 5) is 3.99. The Morgan fingerprint density at radius 3 is 1.71 bits per heavy atom. The molecule has 3 rings (SSSR count). The van der Waals surface area contributed by atoms with Gasteiger partial charge in [-0.2, -0.15) is 0 Å². The molecule has 3 aromatic rings. The van der Waals surface area contributed by atoms with Crippen LogP contribution in [0.15, 0.2) is 83.0 Å². The molecule has 2 aromatic carbocycles. The van der Waals surface area contributed by atoms with Crippen molar-refractivity contribution >= 4 is 30.9 Å². The van der Waals surface area contributed by atoms with E-state index in [4.69, 9.17) is 11.6 Å². The van der Waals surface area contributed by atoms with Crippen molar-refractivity contribution in [1.82, 2.24) is 4.98 Å². The van der Waals surface area contributed by atoms with Gasteiger partial charge in [0.05, 0.1) is 5.69 Å². The zero-order chi connectivity index (χ0) is 24.5. The molecule has 34 heavy (non-hydrogen) atoms. The van der Waals surface area contributed by atoms with Gasteiger partial charge in [0.25, 0.3) is 0 Å². The van der Waals surface area contributed by atoms with Gasteiger partial charge in [0.15, 0.2) is 5.82 Å². The van der Waals surface area contributed by atoms with Crippen LogP contribution in [0.2, 0.25) is 5.15 Å². The van der Waals surface area contributed by atoms with Crippen LogP contribution < -0.4 is 24.0 Å². The van der Waals surface area contributed by atoms with Gasteiger partial charge >= 0.3 is 52.8 Å². The maximum absolute atomic E-state index is 10.7. The van der Waals surface area contributed by atoms with Gasteiger partial charge in [0.2, 0.25) is 0 Å². The molecular weight excluding hydrogens is 792 g/mol. The second kappa shape index (κ2) is 13.8. The number of azo groups is 1. The van der Waals surface area contributed by atoms with E-state index in [0.717, 1.165) is 5.69 Å². The van der Waals surface area contributed by atoms with Gasteiger partial charge in [-0.25, -0.2) is 4.98 Å². The van der Waals surface area contributed by atoms with Gasteiger partial charge in [0.1, 0.15) is 5.15 Å². The summed E-state index contributed by atoms with van der Waals surface area (Å²) in [5, 5.41) is 8.40. The van der Waals surface area contributed by atoms with Crippen molar-refractivity contribution in [1.29, 1.82) is 0 Å². The number of aromatic nitrogens is 1. The monoisotopic (exact) mass is 815 g/mol. The molecule has 0 aliphatic heterocycles. The van der Waals surface area contributed by atoms with Gasteiger partial charge in [-0.3, -0.25) is 0 Å². The summed E-state index contributed by atoms with van der Waals surface area (Å²) < 4.78 is 59.2. The fourth-order valence-corrected chi connectivity index (χ4v) is 2.17. The van der Waals surface area contributed by atoms with Crippen molar-refractivity contribution in [3.8, 4) is 0 Å². The minimum Gasteiger partial charge on any atom is -1.00 e. The Morgan fingerprint density at radius 1 is 0.765 bits per heavy atom. The fourth-order valence-electron chi connectivity index (χ4n) is 2.01. The van der Waals surface area contributed by atoms with E-state index in [1.165, 1.54) is 11.1 Å². The molecule has 0 radical (unpaired) electrons. The summed E-state index contributed by atoms with van der Waals surface area (Å²) in [6.45, 7) is 6.54. The van der Waals surface area contributed by atoms with Crippen LogP contribution in [0.1, 0.15) is 30.9 Å². The zero-order valence-electron chi connectivity index (χ0n) is 18.2. The molecule has 0 N–H and O–H groups in total. The Bertz CT molecular complexity index is 1010. The van der Waals surface area contributed by atoms with E-state index in [-0.39, 0.29) is 43.8 Å². The Kier molecular flexibility index (Phi) is 14.2. The molecule has 0 amide bonds. The van der Waals surface area contributed by atoms with Gasteiger partial charge in [-0.15, -0.1) is 10.2 Å². The van der Waals surface area contributed by atoms with E-state index >= 15 is 0 Å². The van der Waals surface area contributed by atoms with Crippen LogP contribution in [0.3, 0.4) is 0 Å². The molecule has 0 saturated heterocycles. The quantitative estimate of drug-likeness (QED) is 0.0881. The third-order valence-corrected chi connectivity index (χ3v) is 3.68. The Labute approximate surface area is 229 Å². The molecule has 0 spiro atoms. The molecule has 188 valence electrons. The number of nitrogens with zero attached hydrogens (tertiary/aromatic N) is 3. The van der Waals surface area contributed by atoms with Crippen LogP contribution in [-0.2, 0) is 19.8 Å². The predicted molar refractivity (Wildman–Crippen MR) is 119 cm³/mol. The third kappa shape index (κ3) is 21.4. The molecule has 1 aromatic heterocycles. The molecule has 1 heterocycles.